The number of hydrogen-bond acceptors (Lipinski definition) is 2. The number of carbonyl (C=O) groups excluding carboxylic acids is 2. The number of para-hydroxylation sites is 1. The molecule has 0 N–H and O–H groups in total. The smallest absolute Gasteiger partial charge is 0.249 e. The maximum absolute atomic E-state index is 12.6. The summed E-state index contributed by atoms with van der Waals surface area (Å²) in [6, 6.07) is 7.61. The Balaban J connectivity index is 2.25. The summed E-state index contributed by atoms with van der Waals surface area (Å²) in [6.45, 7) is 6.92. The van der Waals surface area contributed by atoms with Crippen LogP contribution in [0.15, 0.2) is 24.3 Å². The lowest BCUT2D eigenvalue weighted by molar-refractivity contribution is -0.140. The molecule has 1 atom stereocenters. The van der Waals surface area contributed by atoms with E-state index in [1.54, 1.807) is 4.90 Å². The number of aryl methyl sites for hydroxylation is 1. The van der Waals surface area contributed by atoms with E-state index in [0.29, 0.717) is 19.5 Å². The first-order valence-corrected chi connectivity index (χ1v) is 7.28. The molecular formula is C16H22N2O2. The van der Waals surface area contributed by atoms with Crippen molar-refractivity contribution in [1.82, 2.24) is 4.90 Å². The maximum atomic E-state index is 12.6. The average molecular weight is 274 g/mol. The van der Waals surface area contributed by atoms with Gasteiger partial charge >= 0.3 is 0 Å². The third-order valence-electron chi connectivity index (χ3n) is 3.94. The molecule has 4 heteroatoms. The predicted octanol–water partition coefficient (Wildman–Crippen LogP) is 2.22. The zero-order chi connectivity index (χ0) is 14.7. The van der Waals surface area contributed by atoms with Crippen LogP contribution in [0.25, 0.3) is 0 Å². The summed E-state index contributed by atoms with van der Waals surface area (Å²) in [7, 11) is 0. The van der Waals surface area contributed by atoms with Crippen LogP contribution in [0.1, 0.15) is 32.8 Å². The van der Waals surface area contributed by atoms with Gasteiger partial charge in [-0.15, -0.1) is 0 Å². The van der Waals surface area contributed by atoms with E-state index in [4.69, 9.17) is 0 Å². The van der Waals surface area contributed by atoms with Crippen LogP contribution in [0.4, 0.5) is 5.69 Å². The minimum absolute atomic E-state index is 0.0129. The summed E-state index contributed by atoms with van der Waals surface area (Å²) in [5.74, 6) is 0.0632. The number of benzene rings is 1. The molecule has 1 aliphatic heterocycles. The Morgan fingerprint density at radius 3 is 2.60 bits per heavy atom. The molecule has 4 nitrogen and oxygen atoms in total. The van der Waals surface area contributed by atoms with Gasteiger partial charge in [-0.3, -0.25) is 9.59 Å². The van der Waals surface area contributed by atoms with E-state index in [0.717, 1.165) is 12.1 Å². The molecule has 0 radical (unpaired) electrons. The molecule has 1 fully saturated rings. The van der Waals surface area contributed by atoms with E-state index in [2.05, 4.69) is 13.0 Å². The van der Waals surface area contributed by atoms with Gasteiger partial charge in [0.2, 0.25) is 11.8 Å². The molecule has 0 bridgehead atoms. The number of anilines is 1. The Bertz CT molecular complexity index is 513. The Labute approximate surface area is 120 Å². The highest BCUT2D eigenvalue weighted by Gasteiger charge is 2.34. The largest absolute Gasteiger partial charge is 0.329 e. The molecule has 0 aliphatic carbocycles. The third-order valence-corrected chi connectivity index (χ3v) is 3.94. The molecule has 0 saturated carbocycles. The molecule has 1 aliphatic rings. The van der Waals surface area contributed by atoms with Crippen LogP contribution in [0.5, 0.6) is 0 Å². The number of piperazine rings is 1. The summed E-state index contributed by atoms with van der Waals surface area (Å²) in [6.07, 6.45) is 1.34. The first-order valence-electron chi connectivity index (χ1n) is 7.28. The fourth-order valence-electron chi connectivity index (χ4n) is 2.73. The molecule has 108 valence electrons. The molecule has 1 saturated heterocycles. The number of nitrogens with zero attached hydrogens (tertiary/aromatic N) is 2. The quantitative estimate of drug-likeness (QED) is 0.848. The van der Waals surface area contributed by atoms with Crippen LogP contribution < -0.4 is 4.90 Å². The van der Waals surface area contributed by atoms with Crippen molar-refractivity contribution in [3.63, 3.8) is 0 Å². The van der Waals surface area contributed by atoms with Crippen LogP contribution in [0.2, 0.25) is 0 Å². The molecule has 1 aromatic carbocycles. The van der Waals surface area contributed by atoms with E-state index in [1.165, 1.54) is 5.56 Å². The van der Waals surface area contributed by atoms with Crippen molar-refractivity contribution in [2.75, 3.05) is 18.0 Å². The second kappa shape index (κ2) is 6.07. The standard InChI is InChI=1S/C16H22N2O2/c1-4-13-8-6-7-9-14(13)18-11-10-17(15(19)5-2)12(3)16(18)20/h6-9,12H,4-5,10-11H2,1-3H3. The monoisotopic (exact) mass is 274 g/mol. The van der Waals surface area contributed by atoms with Gasteiger partial charge in [-0.25, -0.2) is 0 Å². The summed E-state index contributed by atoms with van der Waals surface area (Å²) >= 11 is 0. The van der Waals surface area contributed by atoms with Crippen molar-refractivity contribution >= 4 is 17.5 Å². The minimum Gasteiger partial charge on any atom is -0.329 e. The van der Waals surface area contributed by atoms with E-state index in [9.17, 15) is 9.59 Å². The lowest BCUT2D eigenvalue weighted by atomic mass is 10.1. The molecule has 0 spiro atoms. The van der Waals surface area contributed by atoms with Crippen molar-refractivity contribution in [2.24, 2.45) is 0 Å². The Kier molecular flexibility index (Phi) is 4.42. The third kappa shape index (κ3) is 2.55. The van der Waals surface area contributed by atoms with Crippen LogP contribution in [-0.4, -0.2) is 35.8 Å². The van der Waals surface area contributed by atoms with Crippen molar-refractivity contribution in [3.8, 4) is 0 Å². The summed E-state index contributed by atoms with van der Waals surface area (Å²) in [5.41, 5.74) is 2.15. The highest BCUT2D eigenvalue weighted by atomic mass is 16.2. The van der Waals surface area contributed by atoms with E-state index >= 15 is 0 Å². The van der Waals surface area contributed by atoms with Gasteiger partial charge in [0, 0.05) is 25.2 Å². The van der Waals surface area contributed by atoms with Gasteiger partial charge in [-0.1, -0.05) is 32.0 Å². The normalized spacial score (nSPS) is 19.4. The molecule has 0 aromatic heterocycles. The van der Waals surface area contributed by atoms with Crippen LogP contribution in [0.3, 0.4) is 0 Å². The van der Waals surface area contributed by atoms with Gasteiger partial charge < -0.3 is 9.80 Å². The Morgan fingerprint density at radius 2 is 1.95 bits per heavy atom. The van der Waals surface area contributed by atoms with Gasteiger partial charge in [0.05, 0.1) is 0 Å². The number of hydrogen-bond donors (Lipinski definition) is 0. The highest BCUT2D eigenvalue weighted by Crippen LogP contribution is 2.25. The number of amides is 2. The lowest BCUT2D eigenvalue weighted by Gasteiger charge is -2.39. The molecule has 1 aromatic rings. The number of rotatable bonds is 3. The second-order valence-electron chi connectivity index (χ2n) is 5.09. The van der Waals surface area contributed by atoms with Crippen molar-refractivity contribution < 1.29 is 9.59 Å². The fraction of sp³-hybridized carbons (Fsp3) is 0.500. The molecule has 2 amide bonds. The lowest BCUT2D eigenvalue weighted by Crippen LogP contribution is -2.57. The predicted molar refractivity (Wildman–Crippen MR) is 79.6 cm³/mol. The fourth-order valence-corrected chi connectivity index (χ4v) is 2.73. The molecule has 1 unspecified atom stereocenters. The van der Waals surface area contributed by atoms with E-state index in [-0.39, 0.29) is 17.9 Å². The molecule has 20 heavy (non-hydrogen) atoms. The average Bonchev–Trinajstić information content (AvgIpc) is 2.49. The summed E-state index contributed by atoms with van der Waals surface area (Å²) < 4.78 is 0. The Hall–Kier alpha value is -1.84. The minimum atomic E-state index is -0.374. The van der Waals surface area contributed by atoms with Gasteiger partial charge in [0.25, 0.3) is 0 Å². The summed E-state index contributed by atoms with van der Waals surface area (Å²) in [4.78, 5) is 27.9. The Morgan fingerprint density at radius 1 is 1.25 bits per heavy atom. The van der Waals surface area contributed by atoms with Crippen molar-refractivity contribution in [2.45, 2.75) is 39.7 Å². The van der Waals surface area contributed by atoms with Crippen molar-refractivity contribution in [3.05, 3.63) is 29.8 Å². The van der Waals surface area contributed by atoms with Gasteiger partial charge in [0.15, 0.2) is 0 Å². The maximum Gasteiger partial charge on any atom is 0.249 e. The summed E-state index contributed by atoms with van der Waals surface area (Å²) in [5, 5.41) is 0. The van der Waals surface area contributed by atoms with Gasteiger partial charge in [0.1, 0.15) is 6.04 Å². The van der Waals surface area contributed by atoms with Gasteiger partial charge in [-0.2, -0.15) is 0 Å². The molecule has 1 heterocycles. The first-order chi connectivity index (χ1) is 9.60. The van der Waals surface area contributed by atoms with Gasteiger partial charge in [-0.05, 0) is 25.0 Å². The van der Waals surface area contributed by atoms with Crippen molar-refractivity contribution in [1.29, 1.82) is 0 Å². The molecule has 2 rings (SSSR count). The topological polar surface area (TPSA) is 40.6 Å². The SMILES string of the molecule is CCC(=O)N1CCN(c2ccccc2CC)C(=O)C1C. The van der Waals surface area contributed by atoms with E-state index in [1.807, 2.05) is 36.9 Å². The zero-order valence-electron chi connectivity index (χ0n) is 12.4. The van der Waals surface area contributed by atoms with Crippen LogP contribution in [-0.2, 0) is 16.0 Å². The van der Waals surface area contributed by atoms with Crippen LogP contribution in [0, 0.1) is 0 Å². The zero-order valence-corrected chi connectivity index (χ0v) is 12.4. The second-order valence-corrected chi connectivity index (χ2v) is 5.09. The molecular weight excluding hydrogens is 252 g/mol. The van der Waals surface area contributed by atoms with Crippen LogP contribution >= 0.6 is 0 Å². The number of carbonyl (C=O) groups is 2. The highest BCUT2D eigenvalue weighted by molar-refractivity contribution is 6.00. The first kappa shape index (κ1) is 14.6. The van der Waals surface area contributed by atoms with E-state index < -0.39 is 0 Å².